The molecule has 2 N–H and O–H groups in total. The second-order valence-corrected chi connectivity index (χ2v) is 8.41. The molecule has 0 atom stereocenters. The fraction of sp³-hybridized carbons (Fsp3) is 1.00. The normalized spacial score (nSPS) is 27.1. The van der Waals surface area contributed by atoms with E-state index in [1.807, 2.05) is 0 Å². The molecule has 0 aromatic carbocycles. The van der Waals surface area contributed by atoms with Crippen molar-refractivity contribution in [2.45, 2.75) is 52.6 Å². The molecule has 2 aliphatic carbocycles. The number of rotatable bonds is 6. The summed E-state index contributed by atoms with van der Waals surface area (Å²) >= 11 is 0. The average molecular weight is 260 g/mol. The van der Waals surface area contributed by atoms with E-state index in [9.17, 15) is 8.42 Å². The molecule has 2 saturated carbocycles. The molecule has 0 heterocycles. The van der Waals surface area contributed by atoms with Gasteiger partial charge in [0.15, 0.2) is 0 Å². The van der Waals surface area contributed by atoms with Gasteiger partial charge in [0.25, 0.3) is 0 Å². The lowest BCUT2D eigenvalue weighted by atomic mass is 10.0. The molecule has 0 aliphatic heterocycles. The highest BCUT2D eigenvalue weighted by molar-refractivity contribution is 7.89. The summed E-state index contributed by atoms with van der Waals surface area (Å²) in [7, 11) is -3.14. The van der Waals surface area contributed by atoms with E-state index in [1.54, 1.807) is 0 Å². The predicted octanol–water partition coefficient (Wildman–Crippen LogP) is 1.09. The van der Waals surface area contributed by atoms with Crippen molar-refractivity contribution in [3.05, 3.63) is 0 Å². The van der Waals surface area contributed by atoms with E-state index in [0.717, 1.165) is 0 Å². The minimum atomic E-state index is -3.14. The van der Waals surface area contributed by atoms with Gasteiger partial charge in [-0.1, -0.05) is 27.7 Å². The molecule has 100 valence electrons. The van der Waals surface area contributed by atoms with Crippen LogP contribution in [-0.4, -0.2) is 32.8 Å². The molecule has 0 radical (unpaired) electrons. The van der Waals surface area contributed by atoms with Crippen LogP contribution < -0.4 is 10.0 Å². The first-order valence-electron chi connectivity index (χ1n) is 6.40. The van der Waals surface area contributed by atoms with Crippen LogP contribution in [0.15, 0.2) is 0 Å². The summed E-state index contributed by atoms with van der Waals surface area (Å²) in [4.78, 5) is 0. The molecule has 0 aromatic heterocycles. The van der Waals surface area contributed by atoms with Crippen LogP contribution in [0.1, 0.15) is 40.5 Å². The molecular weight excluding hydrogens is 236 g/mol. The molecule has 17 heavy (non-hydrogen) atoms. The van der Waals surface area contributed by atoms with E-state index in [4.69, 9.17) is 0 Å². The van der Waals surface area contributed by atoms with Crippen LogP contribution in [0.2, 0.25) is 0 Å². The molecule has 0 bridgehead atoms. The Bertz CT molecular complexity index is 383. The van der Waals surface area contributed by atoms with Gasteiger partial charge in [-0.2, -0.15) is 0 Å². The van der Waals surface area contributed by atoms with Gasteiger partial charge in [0.05, 0.1) is 5.75 Å². The second-order valence-electron chi connectivity index (χ2n) is 6.54. The molecule has 4 nitrogen and oxygen atoms in total. The Morgan fingerprint density at radius 1 is 1.12 bits per heavy atom. The van der Waals surface area contributed by atoms with Crippen molar-refractivity contribution < 1.29 is 8.42 Å². The summed E-state index contributed by atoms with van der Waals surface area (Å²) in [6.07, 6.45) is 2.38. The second kappa shape index (κ2) is 3.93. The Balaban J connectivity index is 1.81. The lowest BCUT2D eigenvalue weighted by Crippen LogP contribution is -2.36. The maximum atomic E-state index is 11.9. The Kier molecular flexibility index (Phi) is 3.08. The Morgan fingerprint density at radius 3 is 2.06 bits per heavy atom. The Labute approximate surface area is 105 Å². The van der Waals surface area contributed by atoms with Gasteiger partial charge in [-0.3, -0.25) is 0 Å². The Morgan fingerprint density at radius 2 is 1.65 bits per heavy atom. The van der Waals surface area contributed by atoms with Gasteiger partial charge >= 0.3 is 0 Å². The average Bonchev–Trinajstić information content (AvgIpc) is 3.03. The molecule has 2 aliphatic rings. The zero-order chi connectivity index (χ0) is 12.9. The van der Waals surface area contributed by atoms with E-state index < -0.39 is 10.0 Å². The summed E-state index contributed by atoms with van der Waals surface area (Å²) in [6.45, 7) is 9.02. The zero-order valence-corrected chi connectivity index (χ0v) is 12.0. The van der Waals surface area contributed by atoms with Crippen molar-refractivity contribution in [2.24, 2.45) is 10.8 Å². The standard InChI is InChI=1S/C12H24N2O2S/c1-11(2)10(12(11,3)4)14-17(15,16)8-7-13-9-5-6-9/h9-10,13-14H,5-8H2,1-4H3. The molecule has 0 aromatic rings. The van der Waals surface area contributed by atoms with Crippen LogP contribution in [-0.2, 0) is 10.0 Å². The topological polar surface area (TPSA) is 58.2 Å². The van der Waals surface area contributed by atoms with Gasteiger partial charge in [-0.15, -0.1) is 0 Å². The highest BCUT2D eigenvalue weighted by Gasteiger charge is 2.65. The highest BCUT2D eigenvalue weighted by atomic mass is 32.2. The smallest absolute Gasteiger partial charge is 0.213 e. The van der Waals surface area contributed by atoms with Gasteiger partial charge in [-0.25, -0.2) is 13.1 Å². The third-order valence-corrected chi connectivity index (χ3v) is 6.04. The maximum absolute atomic E-state index is 11.9. The molecule has 0 amide bonds. The fourth-order valence-corrected chi connectivity index (χ4v) is 3.87. The van der Waals surface area contributed by atoms with E-state index in [0.29, 0.717) is 12.6 Å². The fourth-order valence-electron chi connectivity index (χ4n) is 2.41. The number of sulfonamides is 1. The molecule has 0 saturated heterocycles. The zero-order valence-electron chi connectivity index (χ0n) is 11.2. The minimum Gasteiger partial charge on any atom is -0.313 e. The van der Waals surface area contributed by atoms with E-state index >= 15 is 0 Å². The Hall–Kier alpha value is -0.130. The minimum absolute atomic E-state index is 0.0595. The lowest BCUT2D eigenvalue weighted by Gasteiger charge is -2.08. The van der Waals surface area contributed by atoms with Crippen molar-refractivity contribution >= 4 is 10.0 Å². The summed E-state index contributed by atoms with van der Waals surface area (Å²) in [5.41, 5.74) is 0.119. The van der Waals surface area contributed by atoms with E-state index in [1.165, 1.54) is 12.8 Å². The molecule has 0 unspecified atom stereocenters. The van der Waals surface area contributed by atoms with E-state index in [2.05, 4.69) is 37.7 Å². The van der Waals surface area contributed by atoms with Crippen molar-refractivity contribution in [1.82, 2.24) is 10.0 Å². The van der Waals surface area contributed by atoms with Crippen LogP contribution in [0, 0.1) is 10.8 Å². The van der Waals surface area contributed by atoms with Crippen molar-refractivity contribution in [1.29, 1.82) is 0 Å². The van der Waals surface area contributed by atoms with Crippen molar-refractivity contribution in [2.75, 3.05) is 12.3 Å². The largest absolute Gasteiger partial charge is 0.313 e. The van der Waals surface area contributed by atoms with Crippen LogP contribution in [0.3, 0.4) is 0 Å². The number of hydrogen-bond donors (Lipinski definition) is 2. The number of nitrogens with one attached hydrogen (secondary N) is 2. The van der Waals surface area contributed by atoms with Gasteiger partial charge in [0, 0.05) is 18.6 Å². The van der Waals surface area contributed by atoms with Crippen LogP contribution >= 0.6 is 0 Å². The summed E-state index contributed by atoms with van der Waals surface area (Å²) in [5.74, 6) is 0.187. The molecule has 2 fully saturated rings. The molecule has 5 heteroatoms. The predicted molar refractivity (Wildman–Crippen MR) is 69.3 cm³/mol. The first kappa shape index (κ1) is 13.3. The van der Waals surface area contributed by atoms with Crippen molar-refractivity contribution in [3.63, 3.8) is 0 Å². The van der Waals surface area contributed by atoms with Gasteiger partial charge in [-0.05, 0) is 23.7 Å². The monoisotopic (exact) mass is 260 g/mol. The summed E-state index contributed by atoms with van der Waals surface area (Å²) in [6, 6.07) is 0.639. The van der Waals surface area contributed by atoms with E-state index in [-0.39, 0.29) is 22.6 Å². The lowest BCUT2D eigenvalue weighted by molar-refractivity contribution is 0.457. The van der Waals surface area contributed by atoms with Crippen LogP contribution in [0.5, 0.6) is 0 Å². The van der Waals surface area contributed by atoms with Crippen LogP contribution in [0.4, 0.5) is 0 Å². The first-order valence-corrected chi connectivity index (χ1v) is 8.05. The van der Waals surface area contributed by atoms with Crippen LogP contribution in [0.25, 0.3) is 0 Å². The highest BCUT2D eigenvalue weighted by Crippen LogP contribution is 2.62. The third kappa shape index (κ3) is 2.66. The van der Waals surface area contributed by atoms with Gasteiger partial charge < -0.3 is 5.32 Å². The molecular formula is C12H24N2O2S. The maximum Gasteiger partial charge on any atom is 0.213 e. The summed E-state index contributed by atoms with van der Waals surface area (Å²) in [5, 5.41) is 3.23. The SMILES string of the molecule is CC1(C)C(NS(=O)(=O)CCNC2CC2)C1(C)C. The summed E-state index contributed by atoms with van der Waals surface area (Å²) < 4.78 is 26.7. The third-order valence-electron chi connectivity index (χ3n) is 4.70. The first-order chi connectivity index (χ1) is 7.67. The van der Waals surface area contributed by atoms with Crippen molar-refractivity contribution in [3.8, 4) is 0 Å². The molecule has 2 rings (SSSR count). The van der Waals surface area contributed by atoms with Gasteiger partial charge in [0.2, 0.25) is 10.0 Å². The quantitative estimate of drug-likeness (QED) is 0.751. The number of hydrogen-bond acceptors (Lipinski definition) is 3. The van der Waals surface area contributed by atoms with Gasteiger partial charge in [0.1, 0.15) is 0 Å². The molecule has 0 spiro atoms.